The van der Waals surface area contributed by atoms with Gasteiger partial charge >= 0.3 is 0 Å². The second-order valence-electron chi connectivity index (χ2n) is 16.9. The van der Waals surface area contributed by atoms with Crippen LogP contribution < -0.4 is 19.3 Å². The van der Waals surface area contributed by atoms with Gasteiger partial charge in [0.05, 0.1) is 39.2 Å². The maximum atomic E-state index is 7.89. The van der Waals surface area contributed by atoms with Crippen LogP contribution in [0.4, 0.5) is 11.4 Å². The number of benzene rings is 7. The van der Waals surface area contributed by atoms with Crippen molar-refractivity contribution in [3.8, 4) is 33.8 Å². The zero-order valence-electron chi connectivity index (χ0n) is 35.4. The van der Waals surface area contributed by atoms with Gasteiger partial charge in [0.2, 0.25) is 0 Å². The van der Waals surface area contributed by atoms with Gasteiger partial charge in [-0.2, -0.15) is 0 Å². The van der Waals surface area contributed by atoms with Gasteiger partial charge in [0.15, 0.2) is 5.60 Å². The highest BCUT2D eigenvalue weighted by Crippen LogP contribution is 2.61. The molecule has 0 saturated carbocycles. The summed E-state index contributed by atoms with van der Waals surface area (Å²) in [5, 5.41) is 4.74. The molecule has 3 heterocycles. The summed E-state index contributed by atoms with van der Waals surface area (Å²) in [6.07, 6.45) is 6.68. The fourth-order valence-electron chi connectivity index (χ4n) is 11.0. The average Bonchev–Trinajstić information content (AvgIpc) is 3.64. The van der Waals surface area contributed by atoms with E-state index in [1.54, 1.807) is 7.11 Å². The predicted molar refractivity (Wildman–Crippen MR) is 250 cm³/mol. The van der Waals surface area contributed by atoms with E-state index in [4.69, 9.17) is 18.9 Å². The van der Waals surface area contributed by atoms with Gasteiger partial charge in [-0.3, -0.25) is 0 Å². The van der Waals surface area contributed by atoms with Crippen molar-refractivity contribution in [1.29, 1.82) is 0 Å². The van der Waals surface area contributed by atoms with Crippen LogP contribution in [0.15, 0.2) is 133 Å². The molecule has 0 aromatic heterocycles. The minimum absolute atomic E-state index is 0.170. The minimum Gasteiger partial charge on any atom is -0.495 e. The average molecular weight is 805 g/mol. The molecular formula is C55H52N2O4. The molecule has 0 radical (unpaired) electrons. The molecule has 306 valence electrons. The zero-order chi connectivity index (χ0) is 41.1. The second-order valence-corrected chi connectivity index (χ2v) is 16.9. The lowest BCUT2D eigenvalue weighted by Gasteiger charge is -2.40. The van der Waals surface area contributed by atoms with Gasteiger partial charge in [-0.05, 0) is 92.7 Å². The fourth-order valence-corrected chi connectivity index (χ4v) is 11.0. The third-order valence-electron chi connectivity index (χ3n) is 14.2. The quantitative estimate of drug-likeness (QED) is 0.152. The molecule has 6 heteroatoms. The van der Waals surface area contributed by atoms with Crippen molar-refractivity contribution in [3.63, 3.8) is 0 Å². The van der Waals surface area contributed by atoms with E-state index in [1.807, 2.05) is 0 Å². The van der Waals surface area contributed by atoms with Crippen LogP contribution in [0.3, 0.4) is 0 Å². The first kappa shape index (κ1) is 37.9. The predicted octanol–water partition coefficient (Wildman–Crippen LogP) is 11.8. The number of morpholine rings is 2. The SMILES string of the molecule is CCC1(CC)c2ccccc2-c2c1c1c(c3cc(OC)c(N4CCOCC4)cc23)OC(c2ccc(-c3cccc4ccccc34)cc2)(c2ccc(N3CCOCC3)cc2)C=C1. The van der Waals surface area contributed by atoms with E-state index in [0.29, 0.717) is 13.2 Å². The summed E-state index contributed by atoms with van der Waals surface area (Å²) in [4.78, 5) is 4.83. The fraction of sp³-hybridized carbons (Fsp3) is 0.273. The van der Waals surface area contributed by atoms with Gasteiger partial charge in [0, 0.05) is 59.4 Å². The Morgan fingerprint density at radius 2 is 1.26 bits per heavy atom. The molecule has 0 amide bonds. The summed E-state index contributed by atoms with van der Waals surface area (Å²) in [5.41, 5.74) is 12.3. The van der Waals surface area contributed by atoms with Crippen LogP contribution in [0, 0.1) is 0 Å². The van der Waals surface area contributed by atoms with E-state index in [9.17, 15) is 0 Å². The lowest BCUT2D eigenvalue weighted by Crippen LogP contribution is -2.37. The number of anilines is 2. The summed E-state index contributed by atoms with van der Waals surface area (Å²) in [7, 11) is 1.79. The summed E-state index contributed by atoms with van der Waals surface area (Å²) in [6, 6.07) is 47.0. The molecule has 0 bridgehead atoms. The highest BCUT2D eigenvalue weighted by molar-refractivity contribution is 6.10. The van der Waals surface area contributed by atoms with Gasteiger partial charge in [0.1, 0.15) is 11.5 Å². The van der Waals surface area contributed by atoms with E-state index in [0.717, 1.165) is 91.5 Å². The van der Waals surface area contributed by atoms with E-state index in [-0.39, 0.29) is 5.41 Å². The Bertz CT molecular complexity index is 2810. The van der Waals surface area contributed by atoms with Crippen molar-refractivity contribution in [3.05, 3.63) is 161 Å². The second kappa shape index (κ2) is 15.1. The smallest absolute Gasteiger partial charge is 0.178 e. The summed E-state index contributed by atoms with van der Waals surface area (Å²) in [5.74, 6) is 1.75. The zero-order valence-corrected chi connectivity index (χ0v) is 35.4. The molecular weight excluding hydrogens is 753 g/mol. The number of rotatable bonds is 8. The van der Waals surface area contributed by atoms with Crippen LogP contribution in [0.5, 0.6) is 11.5 Å². The summed E-state index contributed by atoms with van der Waals surface area (Å²) >= 11 is 0. The molecule has 1 unspecified atom stereocenters. The number of ether oxygens (including phenoxy) is 4. The van der Waals surface area contributed by atoms with Crippen molar-refractivity contribution in [2.75, 3.05) is 69.5 Å². The molecule has 11 rings (SSSR count). The van der Waals surface area contributed by atoms with Crippen LogP contribution >= 0.6 is 0 Å². The van der Waals surface area contributed by atoms with E-state index >= 15 is 0 Å². The number of nitrogens with zero attached hydrogens (tertiary/aromatic N) is 2. The van der Waals surface area contributed by atoms with Gasteiger partial charge in [0.25, 0.3) is 0 Å². The van der Waals surface area contributed by atoms with E-state index < -0.39 is 5.60 Å². The van der Waals surface area contributed by atoms with Crippen LogP contribution in [0.1, 0.15) is 54.5 Å². The molecule has 2 saturated heterocycles. The van der Waals surface area contributed by atoms with Crippen LogP contribution in [0.25, 0.3) is 49.9 Å². The standard InChI is InChI=1S/C55H52N2O4/c1-4-54(5-2)48-16-9-8-14-44(48)51-46-35-49(57-29-33-60-34-30-57)50(58-3)36-47(46)53-45(52(51)54)25-26-55(61-53,40-21-23-41(24-22-40)56-27-31-59-32-28-56)39-19-17-38(18-20-39)43-15-10-12-37-11-6-7-13-42(37)43/h6-26,35-36H,4-5,27-34H2,1-3H3. The third kappa shape index (κ3) is 5.90. The van der Waals surface area contributed by atoms with Crippen LogP contribution in [0.2, 0.25) is 0 Å². The Balaban J connectivity index is 1.15. The molecule has 7 aromatic rings. The molecule has 7 aromatic carbocycles. The van der Waals surface area contributed by atoms with Gasteiger partial charge in [-0.1, -0.05) is 123 Å². The molecule has 1 atom stereocenters. The largest absolute Gasteiger partial charge is 0.495 e. The molecule has 3 aliphatic heterocycles. The first-order valence-electron chi connectivity index (χ1n) is 22.1. The van der Waals surface area contributed by atoms with Gasteiger partial charge < -0.3 is 28.7 Å². The minimum atomic E-state index is -0.919. The van der Waals surface area contributed by atoms with E-state index in [2.05, 4.69) is 163 Å². The molecule has 0 N–H and O–H groups in total. The molecule has 61 heavy (non-hydrogen) atoms. The maximum absolute atomic E-state index is 7.89. The Labute approximate surface area is 358 Å². The molecule has 2 fully saturated rings. The van der Waals surface area contributed by atoms with Crippen molar-refractivity contribution in [2.24, 2.45) is 0 Å². The lowest BCUT2D eigenvalue weighted by molar-refractivity contribution is 0.122. The molecule has 4 aliphatic rings. The van der Waals surface area contributed by atoms with Crippen molar-refractivity contribution < 1.29 is 18.9 Å². The lowest BCUT2D eigenvalue weighted by atomic mass is 9.71. The monoisotopic (exact) mass is 804 g/mol. The van der Waals surface area contributed by atoms with Crippen molar-refractivity contribution in [2.45, 2.75) is 37.7 Å². The number of hydrogen-bond donors (Lipinski definition) is 0. The van der Waals surface area contributed by atoms with Crippen LogP contribution in [-0.4, -0.2) is 59.7 Å². The van der Waals surface area contributed by atoms with E-state index in [1.165, 1.54) is 55.2 Å². The van der Waals surface area contributed by atoms with Crippen molar-refractivity contribution >= 4 is 39.0 Å². The van der Waals surface area contributed by atoms with Crippen LogP contribution in [-0.2, 0) is 20.5 Å². The Kier molecular flexibility index (Phi) is 9.39. The normalized spacial score (nSPS) is 19.1. The Hall–Kier alpha value is -6.08. The first-order chi connectivity index (χ1) is 30.1. The molecule has 0 spiro atoms. The number of fused-ring (bicyclic) bond motifs is 9. The number of methoxy groups -OCH3 is 1. The highest BCUT2D eigenvalue weighted by Gasteiger charge is 2.47. The van der Waals surface area contributed by atoms with Crippen molar-refractivity contribution in [1.82, 2.24) is 0 Å². The van der Waals surface area contributed by atoms with Gasteiger partial charge in [-0.25, -0.2) is 0 Å². The maximum Gasteiger partial charge on any atom is 0.178 e. The highest BCUT2D eigenvalue weighted by atomic mass is 16.5. The first-order valence-corrected chi connectivity index (χ1v) is 22.1. The molecule has 1 aliphatic carbocycles. The Morgan fingerprint density at radius 3 is 1.98 bits per heavy atom. The summed E-state index contributed by atoms with van der Waals surface area (Å²) < 4.78 is 25.7. The topological polar surface area (TPSA) is 43.4 Å². The Morgan fingerprint density at radius 1 is 0.623 bits per heavy atom. The number of hydrogen-bond acceptors (Lipinski definition) is 6. The summed E-state index contributed by atoms with van der Waals surface area (Å²) in [6.45, 7) is 11.0. The third-order valence-corrected chi connectivity index (χ3v) is 14.2. The van der Waals surface area contributed by atoms with Gasteiger partial charge in [-0.15, -0.1) is 0 Å². The molecule has 6 nitrogen and oxygen atoms in total.